The number of hydrogen-bond donors (Lipinski definition) is 0. The fraction of sp³-hybridized carbons (Fsp3) is 0.130. The molecule has 0 aliphatic carbocycles. The van der Waals surface area contributed by atoms with Crippen molar-refractivity contribution in [2.75, 3.05) is 13.1 Å². The molecule has 1 fully saturated rings. The highest BCUT2D eigenvalue weighted by molar-refractivity contribution is 9.10. The highest BCUT2D eigenvalue weighted by Gasteiger charge is 2.59. The molecule has 3 aromatic carbocycles. The van der Waals surface area contributed by atoms with Gasteiger partial charge in [-0.25, -0.2) is 0 Å². The van der Waals surface area contributed by atoms with E-state index in [-0.39, 0.29) is 11.8 Å². The number of carbonyl (C=O) groups is 2. The minimum Gasteiger partial charge on any atom is -0.306 e. The zero-order chi connectivity index (χ0) is 20.2. The molecule has 2 aliphatic rings. The van der Waals surface area contributed by atoms with Gasteiger partial charge in [0.1, 0.15) is 0 Å². The predicted molar refractivity (Wildman–Crippen MR) is 115 cm³/mol. The molecule has 0 spiro atoms. The van der Waals surface area contributed by atoms with Crippen LogP contribution in [-0.4, -0.2) is 34.7 Å². The van der Waals surface area contributed by atoms with Gasteiger partial charge in [-0.3, -0.25) is 9.59 Å². The number of hydrogen-bond acceptors (Lipinski definition) is 2. The van der Waals surface area contributed by atoms with E-state index in [2.05, 4.69) is 15.9 Å². The molecule has 144 valence electrons. The van der Waals surface area contributed by atoms with Gasteiger partial charge in [0.2, 0.25) is 0 Å². The number of carbonyl (C=O) groups excluding carboxylic acids is 2. The summed E-state index contributed by atoms with van der Waals surface area (Å²) in [5.41, 5.74) is 1.93. The highest BCUT2D eigenvalue weighted by Crippen LogP contribution is 2.50. The van der Waals surface area contributed by atoms with Gasteiger partial charge in [-0.05, 0) is 42.5 Å². The van der Waals surface area contributed by atoms with Gasteiger partial charge in [0.25, 0.3) is 11.8 Å². The largest absolute Gasteiger partial charge is 0.306 e. The summed E-state index contributed by atoms with van der Waals surface area (Å²) in [5, 5.41) is 0.609. The van der Waals surface area contributed by atoms with Crippen LogP contribution in [0.1, 0.15) is 31.8 Å². The van der Waals surface area contributed by atoms with Crippen LogP contribution in [0.25, 0.3) is 0 Å². The first-order valence-corrected chi connectivity index (χ1v) is 10.5. The smallest absolute Gasteiger partial charge is 0.256 e. The van der Waals surface area contributed by atoms with E-state index in [9.17, 15) is 9.59 Å². The van der Waals surface area contributed by atoms with Crippen LogP contribution in [0.15, 0.2) is 77.3 Å². The Hall–Kier alpha value is -2.63. The Labute approximate surface area is 181 Å². The molecule has 2 heterocycles. The molecule has 1 unspecified atom stereocenters. The SMILES string of the molecule is O=C(c1ccc(Br)cc1)N1CCN2C(=O)c3ccccc3C12c1ccc(Cl)cc1. The standard InChI is InChI=1S/C23H16BrClN2O2/c24-17-9-5-15(6-10-17)21(28)26-13-14-27-22(29)19-3-1-2-4-20(19)23(26,27)16-7-11-18(25)12-8-16/h1-12H,13-14H2. The summed E-state index contributed by atoms with van der Waals surface area (Å²) in [6.07, 6.45) is 0. The van der Waals surface area contributed by atoms with E-state index in [0.717, 1.165) is 15.6 Å². The van der Waals surface area contributed by atoms with Crippen LogP contribution in [0.3, 0.4) is 0 Å². The van der Waals surface area contributed by atoms with Crippen LogP contribution < -0.4 is 0 Å². The third-order valence-corrected chi connectivity index (χ3v) is 6.47. The van der Waals surface area contributed by atoms with Crippen LogP contribution in [0.4, 0.5) is 0 Å². The number of benzene rings is 3. The molecule has 2 aliphatic heterocycles. The number of amides is 2. The van der Waals surface area contributed by atoms with Crippen LogP contribution in [0, 0.1) is 0 Å². The van der Waals surface area contributed by atoms with Crippen molar-refractivity contribution in [2.45, 2.75) is 5.66 Å². The van der Waals surface area contributed by atoms with Gasteiger partial charge in [-0.15, -0.1) is 0 Å². The van der Waals surface area contributed by atoms with Crippen LogP contribution >= 0.6 is 27.5 Å². The maximum absolute atomic E-state index is 13.6. The van der Waals surface area contributed by atoms with Crippen LogP contribution in [-0.2, 0) is 5.66 Å². The summed E-state index contributed by atoms with van der Waals surface area (Å²) >= 11 is 9.55. The molecule has 0 aromatic heterocycles. The van der Waals surface area contributed by atoms with Crippen molar-refractivity contribution in [3.05, 3.63) is 105 Å². The summed E-state index contributed by atoms with van der Waals surface area (Å²) in [5.74, 6) is -0.166. The van der Waals surface area contributed by atoms with Crippen molar-refractivity contribution in [1.82, 2.24) is 9.80 Å². The lowest BCUT2D eigenvalue weighted by atomic mass is 9.89. The molecular weight excluding hydrogens is 452 g/mol. The van der Waals surface area contributed by atoms with Crippen LogP contribution in [0.2, 0.25) is 5.02 Å². The first-order valence-electron chi connectivity index (χ1n) is 9.28. The summed E-state index contributed by atoms with van der Waals surface area (Å²) in [6.45, 7) is 0.927. The van der Waals surface area contributed by atoms with E-state index in [1.807, 2.05) is 53.4 Å². The van der Waals surface area contributed by atoms with E-state index in [1.165, 1.54) is 0 Å². The number of fused-ring (bicyclic) bond motifs is 3. The molecule has 5 rings (SSSR count). The van der Waals surface area contributed by atoms with Crippen molar-refractivity contribution in [1.29, 1.82) is 0 Å². The lowest BCUT2D eigenvalue weighted by Crippen LogP contribution is -2.51. The molecule has 4 nitrogen and oxygen atoms in total. The zero-order valence-electron chi connectivity index (χ0n) is 15.3. The van der Waals surface area contributed by atoms with E-state index in [4.69, 9.17) is 11.6 Å². The number of nitrogens with zero attached hydrogens (tertiary/aromatic N) is 2. The van der Waals surface area contributed by atoms with Crippen LogP contribution in [0.5, 0.6) is 0 Å². The Balaban J connectivity index is 1.74. The first kappa shape index (κ1) is 18.4. The Morgan fingerprint density at radius 3 is 2.34 bits per heavy atom. The first-order chi connectivity index (χ1) is 14.0. The van der Waals surface area contributed by atoms with E-state index >= 15 is 0 Å². The van der Waals surface area contributed by atoms with Gasteiger partial charge < -0.3 is 9.80 Å². The normalized spacial score (nSPS) is 20.0. The lowest BCUT2D eigenvalue weighted by molar-refractivity contribution is 0.0375. The van der Waals surface area contributed by atoms with Crippen molar-refractivity contribution in [2.24, 2.45) is 0 Å². The lowest BCUT2D eigenvalue weighted by Gasteiger charge is -2.40. The summed E-state index contributed by atoms with van der Waals surface area (Å²) < 4.78 is 0.908. The predicted octanol–water partition coefficient (Wildman–Crippen LogP) is 4.92. The summed E-state index contributed by atoms with van der Waals surface area (Å²) in [7, 11) is 0. The molecular formula is C23H16BrClN2O2. The fourth-order valence-corrected chi connectivity index (χ4v) is 4.86. The third-order valence-electron chi connectivity index (χ3n) is 5.69. The topological polar surface area (TPSA) is 40.6 Å². The summed E-state index contributed by atoms with van der Waals surface area (Å²) in [6, 6.07) is 22.2. The summed E-state index contributed by atoms with van der Waals surface area (Å²) in [4.78, 5) is 30.5. The maximum Gasteiger partial charge on any atom is 0.256 e. The van der Waals surface area contributed by atoms with Crippen molar-refractivity contribution in [3.63, 3.8) is 0 Å². The van der Waals surface area contributed by atoms with Gasteiger partial charge in [0.15, 0.2) is 5.66 Å². The molecule has 29 heavy (non-hydrogen) atoms. The molecule has 0 bridgehead atoms. The Morgan fingerprint density at radius 1 is 0.931 bits per heavy atom. The minimum absolute atomic E-state index is 0.0540. The van der Waals surface area contributed by atoms with Gasteiger partial charge in [-0.2, -0.15) is 0 Å². The van der Waals surface area contributed by atoms with Crippen molar-refractivity contribution < 1.29 is 9.59 Å². The second-order valence-corrected chi connectivity index (χ2v) is 8.50. The molecule has 1 saturated heterocycles. The Bertz CT molecular complexity index is 1130. The number of rotatable bonds is 2. The molecule has 2 amide bonds. The molecule has 0 N–H and O–H groups in total. The second-order valence-electron chi connectivity index (χ2n) is 7.15. The highest BCUT2D eigenvalue weighted by atomic mass is 79.9. The fourth-order valence-electron chi connectivity index (χ4n) is 4.47. The molecule has 3 aromatic rings. The molecule has 6 heteroatoms. The monoisotopic (exact) mass is 466 g/mol. The number of halogens is 2. The average molecular weight is 468 g/mol. The van der Waals surface area contributed by atoms with Gasteiger partial charge in [0.05, 0.1) is 0 Å². The average Bonchev–Trinajstić information content (AvgIpc) is 3.25. The van der Waals surface area contributed by atoms with E-state index < -0.39 is 5.66 Å². The quantitative estimate of drug-likeness (QED) is 0.537. The maximum atomic E-state index is 13.6. The Kier molecular flexibility index (Phi) is 4.26. The minimum atomic E-state index is -0.970. The molecule has 1 atom stereocenters. The van der Waals surface area contributed by atoms with Crippen molar-refractivity contribution in [3.8, 4) is 0 Å². The third kappa shape index (κ3) is 2.57. The molecule has 0 radical (unpaired) electrons. The van der Waals surface area contributed by atoms with E-state index in [0.29, 0.717) is 29.2 Å². The van der Waals surface area contributed by atoms with Crippen molar-refractivity contribution >= 4 is 39.3 Å². The van der Waals surface area contributed by atoms with Gasteiger partial charge in [0, 0.05) is 44.8 Å². The zero-order valence-corrected chi connectivity index (χ0v) is 17.7. The molecule has 0 saturated carbocycles. The van der Waals surface area contributed by atoms with Gasteiger partial charge >= 0.3 is 0 Å². The Morgan fingerprint density at radius 2 is 1.62 bits per heavy atom. The van der Waals surface area contributed by atoms with Gasteiger partial charge in [-0.1, -0.05) is 57.9 Å². The second kappa shape index (κ2) is 6.71. The van der Waals surface area contributed by atoms with E-state index in [1.54, 1.807) is 29.2 Å².